The van der Waals surface area contributed by atoms with Gasteiger partial charge >= 0.3 is 6.36 Å². The molecule has 0 saturated carbocycles. The van der Waals surface area contributed by atoms with E-state index in [1.165, 1.54) is 18.6 Å². The van der Waals surface area contributed by atoms with E-state index in [1.807, 2.05) is 4.90 Å². The van der Waals surface area contributed by atoms with Crippen molar-refractivity contribution in [3.05, 3.63) is 29.8 Å². The predicted molar refractivity (Wildman–Crippen MR) is 83.3 cm³/mol. The maximum Gasteiger partial charge on any atom is 0.573 e. The molecule has 1 saturated heterocycles. The van der Waals surface area contributed by atoms with Gasteiger partial charge in [-0.2, -0.15) is 0 Å². The first-order valence-electron chi connectivity index (χ1n) is 7.73. The van der Waals surface area contributed by atoms with Crippen molar-refractivity contribution in [2.24, 2.45) is 16.6 Å². The second-order valence-electron chi connectivity index (χ2n) is 5.84. The number of piperidine rings is 1. The quantitative estimate of drug-likeness (QED) is 0.682. The maximum absolute atomic E-state index is 12.4. The number of halogens is 3. The molecule has 1 aliphatic rings. The molecule has 23 heavy (non-hydrogen) atoms. The summed E-state index contributed by atoms with van der Waals surface area (Å²) in [5.41, 5.74) is 6.45. The predicted octanol–water partition coefficient (Wildman–Crippen LogP) is 3.17. The largest absolute Gasteiger partial charge is 0.573 e. The van der Waals surface area contributed by atoms with Crippen molar-refractivity contribution in [3.8, 4) is 5.75 Å². The number of alkyl halides is 3. The first-order chi connectivity index (χ1) is 10.8. The third kappa shape index (κ3) is 5.65. The monoisotopic (exact) mass is 329 g/mol. The summed E-state index contributed by atoms with van der Waals surface area (Å²) >= 11 is 0. The Bertz CT molecular complexity index is 546. The fourth-order valence-electron chi connectivity index (χ4n) is 2.72. The highest BCUT2D eigenvalue weighted by Gasteiger charge is 2.31. The zero-order chi connectivity index (χ0) is 16.9. The molecule has 1 aliphatic heterocycles. The van der Waals surface area contributed by atoms with E-state index < -0.39 is 6.36 Å². The van der Waals surface area contributed by atoms with Crippen molar-refractivity contribution in [2.45, 2.75) is 32.5 Å². The summed E-state index contributed by atoms with van der Waals surface area (Å²) in [6.45, 7) is 4.26. The Labute approximate surface area is 134 Å². The number of rotatable bonds is 4. The highest BCUT2D eigenvalue weighted by molar-refractivity contribution is 5.78. The van der Waals surface area contributed by atoms with E-state index in [4.69, 9.17) is 5.73 Å². The number of aliphatic imine (C=N–C) groups is 1. The van der Waals surface area contributed by atoms with Gasteiger partial charge in [0, 0.05) is 19.6 Å². The second kappa shape index (κ2) is 7.57. The van der Waals surface area contributed by atoms with Crippen molar-refractivity contribution in [2.75, 3.05) is 19.6 Å². The van der Waals surface area contributed by atoms with Crippen LogP contribution >= 0.6 is 0 Å². The van der Waals surface area contributed by atoms with Crippen LogP contribution in [0.4, 0.5) is 13.2 Å². The first kappa shape index (κ1) is 17.4. The van der Waals surface area contributed by atoms with E-state index in [1.54, 1.807) is 12.1 Å². The van der Waals surface area contributed by atoms with Gasteiger partial charge in [0.25, 0.3) is 0 Å². The number of benzene rings is 1. The molecule has 0 amide bonds. The Balaban J connectivity index is 1.94. The van der Waals surface area contributed by atoms with Crippen LogP contribution in [-0.4, -0.2) is 36.9 Å². The van der Waals surface area contributed by atoms with Crippen LogP contribution in [0, 0.1) is 5.92 Å². The van der Waals surface area contributed by atoms with Crippen LogP contribution in [0.15, 0.2) is 29.3 Å². The van der Waals surface area contributed by atoms with Crippen LogP contribution < -0.4 is 10.5 Å². The van der Waals surface area contributed by atoms with E-state index in [-0.39, 0.29) is 5.75 Å². The van der Waals surface area contributed by atoms with Crippen molar-refractivity contribution >= 4 is 5.96 Å². The molecule has 1 heterocycles. The number of nitrogens with two attached hydrogens (primary N) is 1. The van der Waals surface area contributed by atoms with E-state index in [0.717, 1.165) is 19.5 Å². The van der Waals surface area contributed by atoms with Gasteiger partial charge in [-0.1, -0.05) is 25.1 Å². The zero-order valence-corrected chi connectivity index (χ0v) is 13.1. The molecule has 7 heteroatoms. The summed E-state index contributed by atoms with van der Waals surface area (Å²) in [6.07, 6.45) is -2.08. The molecule has 1 unspecified atom stereocenters. The molecule has 0 spiro atoms. The van der Waals surface area contributed by atoms with Gasteiger partial charge in [0.1, 0.15) is 5.75 Å². The minimum atomic E-state index is -4.69. The lowest BCUT2D eigenvalue weighted by molar-refractivity contribution is -0.274. The summed E-state index contributed by atoms with van der Waals surface area (Å²) < 4.78 is 41.2. The van der Waals surface area contributed by atoms with Gasteiger partial charge in [-0.05, 0) is 36.8 Å². The Hall–Kier alpha value is -1.92. The number of hydrogen-bond acceptors (Lipinski definition) is 2. The molecule has 1 aromatic rings. The van der Waals surface area contributed by atoms with Gasteiger partial charge in [-0.3, -0.25) is 4.99 Å². The third-order valence-corrected chi connectivity index (χ3v) is 3.83. The summed E-state index contributed by atoms with van der Waals surface area (Å²) in [5.74, 6) is 0.865. The molecule has 4 nitrogen and oxygen atoms in total. The molecule has 1 atom stereocenters. The van der Waals surface area contributed by atoms with Gasteiger partial charge in [0.15, 0.2) is 5.96 Å². The maximum atomic E-state index is 12.4. The Morgan fingerprint density at radius 3 is 2.83 bits per heavy atom. The molecule has 2 N–H and O–H groups in total. The van der Waals surface area contributed by atoms with Crippen molar-refractivity contribution < 1.29 is 17.9 Å². The smallest absolute Gasteiger partial charge is 0.406 e. The Morgan fingerprint density at radius 1 is 1.39 bits per heavy atom. The molecular formula is C16H22F3N3O. The molecule has 128 valence electrons. The summed E-state index contributed by atoms with van der Waals surface area (Å²) in [5, 5.41) is 0. The van der Waals surface area contributed by atoms with Crippen LogP contribution in [0.25, 0.3) is 0 Å². The molecule has 2 rings (SSSR count). The van der Waals surface area contributed by atoms with Crippen molar-refractivity contribution in [3.63, 3.8) is 0 Å². The molecule has 0 bridgehead atoms. The number of para-hydroxylation sites is 1. The number of ether oxygens (including phenoxy) is 1. The van der Waals surface area contributed by atoms with Crippen molar-refractivity contribution in [1.29, 1.82) is 0 Å². The SMILES string of the molecule is CC1CCCN(C(N)=NCCc2ccccc2OC(F)(F)F)C1. The minimum Gasteiger partial charge on any atom is -0.406 e. The average Bonchev–Trinajstić information content (AvgIpc) is 2.47. The summed E-state index contributed by atoms with van der Waals surface area (Å²) in [6, 6.07) is 6.10. The number of guanidine groups is 1. The van der Waals surface area contributed by atoms with Gasteiger partial charge in [0.2, 0.25) is 0 Å². The minimum absolute atomic E-state index is 0.180. The number of nitrogens with zero attached hydrogens (tertiary/aromatic N) is 2. The van der Waals surface area contributed by atoms with Crippen LogP contribution in [0.2, 0.25) is 0 Å². The topological polar surface area (TPSA) is 50.8 Å². The fraction of sp³-hybridized carbons (Fsp3) is 0.562. The van der Waals surface area contributed by atoms with E-state index in [2.05, 4.69) is 16.7 Å². The van der Waals surface area contributed by atoms with Crippen LogP contribution in [0.3, 0.4) is 0 Å². The highest BCUT2D eigenvalue weighted by Crippen LogP contribution is 2.26. The Morgan fingerprint density at radius 2 is 2.13 bits per heavy atom. The first-order valence-corrected chi connectivity index (χ1v) is 7.73. The second-order valence-corrected chi connectivity index (χ2v) is 5.84. The lowest BCUT2D eigenvalue weighted by atomic mass is 10.0. The van der Waals surface area contributed by atoms with E-state index in [9.17, 15) is 13.2 Å². The van der Waals surface area contributed by atoms with Crippen LogP contribution in [0.5, 0.6) is 5.75 Å². The number of likely N-dealkylation sites (tertiary alicyclic amines) is 1. The Kier molecular flexibility index (Phi) is 5.74. The highest BCUT2D eigenvalue weighted by atomic mass is 19.4. The third-order valence-electron chi connectivity index (χ3n) is 3.83. The van der Waals surface area contributed by atoms with Crippen LogP contribution in [-0.2, 0) is 6.42 Å². The molecule has 0 aromatic heterocycles. The molecule has 0 radical (unpaired) electrons. The fourth-order valence-corrected chi connectivity index (χ4v) is 2.72. The van der Waals surface area contributed by atoms with Gasteiger partial charge in [-0.25, -0.2) is 0 Å². The molecule has 0 aliphatic carbocycles. The summed E-state index contributed by atoms with van der Waals surface area (Å²) in [7, 11) is 0. The van der Waals surface area contributed by atoms with Crippen molar-refractivity contribution in [1.82, 2.24) is 4.90 Å². The average molecular weight is 329 g/mol. The van der Waals surface area contributed by atoms with Gasteiger partial charge < -0.3 is 15.4 Å². The lowest BCUT2D eigenvalue weighted by Gasteiger charge is -2.31. The van der Waals surface area contributed by atoms with Crippen LogP contribution in [0.1, 0.15) is 25.3 Å². The lowest BCUT2D eigenvalue weighted by Crippen LogP contribution is -2.43. The normalized spacial score (nSPS) is 19.7. The number of hydrogen-bond donors (Lipinski definition) is 1. The zero-order valence-electron chi connectivity index (χ0n) is 13.1. The summed E-state index contributed by atoms with van der Waals surface area (Å²) in [4.78, 5) is 6.33. The molecule has 1 aromatic carbocycles. The van der Waals surface area contributed by atoms with E-state index in [0.29, 0.717) is 30.4 Å². The standard InChI is InChI=1S/C16H22F3N3O/c1-12-5-4-10-22(11-12)15(20)21-9-8-13-6-2-3-7-14(13)23-16(17,18)19/h2-3,6-7,12H,4-5,8-11H2,1H3,(H2,20,21). The van der Waals surface area contributed by atoms with Gasteiger partial charge in [0.05, 0.1) is 0 Å². The van der Waals surface area contributed by atoms with Gasteiger partial charge in [-0.15, -0.1) is 13.2 Å². The molecule has 1 fully saturated rings. The molecular weight excluding hydrogens is 307 g/mol. The van der Waals surface area contributed by atoms with E-state index >= 15 is 0 Å².